The summed E-state index contributed by atoms with van der Waals surface area (Å²) in [5.41, 5.74) is 23.3. The van der Waals surface area contributed by atoms with Crippen LogP contribution in [0.15, 0.2) is 258 Å². The van der Waals surface area contributed by atoms with Crippen LogP contribution >= 0.6 is 0 Å². The number of benzene rings is 11. The molecule has 0 fully saturated rings. The first-order valence-electron chi connectivity index (χ1n) is 24.1. The number of hydrogen-bond acceptors (Lipinski definition) is 3. The lowest BCUT2D eigenvalue weighted by Crippen LogP contribution is -2.26. The van der Waals surface area contributed by atoms with Crippen LogP contribution in [0.4, 0.5) is 17.1 Å². The lowest BCUT2D eigenvalue weighted by Gasteiger charge is -2.32. The molecule has 0 atom stereocenters. The highest BCUT2D eigenvalue weighted by Crippen LogP contribution is 2.65. The maximum atomic E-state index is 6.54. The smallest absolute Gasteiger partial charge is 0.143 e. The molecule has 0 aliphatic heterocycles. The highest BCUT2D eigenvalue weighted by Gasteiger charge is 2.52. The van der Waals surface area contributed by atoms with Crippen molar-refractivity contribution in [3.8, 4) is 55.6 Å². The minimum atomic E-state index is -0.533. The predicted octanol–water partition coefficient (Wildman–Crippen LogP) is 18.3. The molecule has 0 bridgehead atoms. The Hall–Kier alpha value is -9.18. The molecular formula is C67H41NO2. The van der Waals surface area contributed by atoms with Crippen molar-refractivity contribution in [2.45, 2.75) is 5.41 Å². The second kappa shape index (κ2) is 14.9. The van der Waals surface area contributed by atoms with Crippen molar-refractivity contribution in [1.29, 1.82) is 0 Å². The number of rotatable bonds is 6. The first-order valence-corrected chi connectivity index (χ1v) is 24.1. The molecule has 1 spiro atoms. The van der Waals surface area contributed by atoms with Gasteiger partial charge in [0.15, 0.2) is 0 Å². The Morgan fingerprint density at radius 3 is 1.33 bits per heavy atom. The third-order valence-electron chi connectivity index (χ3n) is 15.1. The second-order valence-corrected chi connectivity index (χ2v) is 18.7. The van der Waals surface area contributed by atoms with E-state index in [1.165, 1.54) is 55.6 Å². The Kier molecular flexibility index (Phi) is 8.28. The number of anilines is 3. The van der Waals surface area contributed by atoms with Crippen molar-refractivity contribution >= 4 is 60.9 Å². The lowest BCUT2D eigenvalue weighted by atomic mass is 9.70. The first-order chi connectivity index (χ1) is 34.7. The Balaban J connectivity index is 0.955. The van der Waals surface area contributed by atoms with Crippen LogP contribution in [0, 0.1) is 0 Å². The Bertz CT molecular complexity index is 4030. The van der Waals surface area contributed by atoms with Crippen molar-refractivity contribution in [2.75, 3.05) is 4.90 Å². The molecule has 13 aromatic rings. The number of hydrogen-bond donors (Lipinski definition) is 0. The van der Waals surface area contributed by atoms with Gasteiger partial charge in [-0.25, -0.2) is 0 Å². The monoisotopic (exact) mass is 891 g/mol. The average molecular weight is 892 g/mol. The van der Waals surface area contributed by atoms with E-state index < -0.39 is 5.41 Å². The fourth-order valence-corrected chi connectivity index (χ4v) is 12.1. The molecule has 11 aromatic carbocycles. The van der Waals surface area contributed by atoms with Crippen LogP contribution in [0.2, 0.25) is 0 Å². The molecule has 15 rings (SSSR count). The van der Waals surface area contributed by atoms with E-state index in [0.717, 1.165) is 83.2 Å². The molecule has 0 amide bonds. The highest BCUT2D eigenvalue weighted by molar-refractivity contribution is 6.11. The van der Waals surface area contributed by atoms with E-state index >= 15 is 0 Å². The summed E-state index contributed by atoms with van der Waals surface area (Å²) in [6.45, 7) is 0. The van der Waals surface area contributed by atoms with Gasteiger partial charge in [0.2, 0.25) is 0 Å². The third-order valence-corrected chi connectivity index (χ3v) is 15.1. The summed E-state index contributed by atoms with van der Waals surface area (Å²) in [7, 11) is 0. The maximum absolute atomic E-state index is 6.54. The normalized spacial score (nSPS) is 13.0. The highest BCUT2D eigenvalue weighted by atomic mass is 16.3. The van der Waals surface area contributed by atoms with Gasteiger partial charge < -0.3 is 13.7 Å². The van der Waals surface area contributed by atoms with Gasteiger partial charge in [-0.1, -0.05) is 200 Å². The number of furan rings is 2. The maximum Gasteiger partial charge on any atom is 0.143 e. The molecule has 0 saturated carbocycles. The third kappa shape index (κ3) is 5.46. The van der Waals surface area contributed by atoms with Crippen molar-refractivity contribution < 1.29 is 8.83 Å². The molecular weight excluding hydrogens is 851 g/mol. The average Bonchev–Trinajstić information content (AvgIpc) is 4.17. The second-order valence-electron chi connectivity index (χ2n) is 18.7. The first kappa shape index (κ1) is 38.9. The standard InChI is InChI=1S/C67H41NO2/c1-2-15-42(16-3-1)45-35-40-56-60(41-45)67(57-25-8-4-17-50(57)51-18-5-9-26-58(51)67)59-27-14-28-61(64(56)59)68(46-36-31-43(32-37-46)48-21-12-23-54-52-19-6-10-29-62(52)69-65(48)54)47-38-33-44(34-39-47)49-22-13-24-55-53-20-7-11-30-63(53)70-66(49)55/h1-41H. The minimum Gasteiger partial charge on any atom is -0.455 e. The van der Waals surface area contributed by atoms with Crippen LogP contribution in [0.1, 0.15) is 22.3 Å². The lowest BCUT2D eigenvalue weighted by molar-refractivity contribution is 0.669. The molecule has 326 valence electrons. The molecule has 3 nitrogen and oxygen atoms in total. The molecule has 3 heteroatoms. The Labute approximate surface area is 404 Å². The predicted molar refractivity (Wildman–Crippen MR) is 288 cm³/mol. The fraction of sp³-hybridized carbons (Fsp3) is 0.0149. The van der Waals surface area contributed by atoms with Gasteiger partial charge in [-0.2, -0.15) is 0 Å². The number of nitrogens with zero attached hydrogens (tertiary/aromatic N) is 1. The summed E-state index contributed by atoms with van der Waals surface area (Å²) in [6, 6.07) is 90.6. The van der Waals surface area contributed by atoms with Gasteiger partial charge in [0.25, 0.3) is 0 Å². The van der Waals surface area contributed by atoms with Crippen LogP contribution < -0.4 is 4.90 Å². The molecule has 2 heterocycles. The largest absolute Gasteiger partial charge is 0.455 e. The zero-order valence-electron chi connectivity index (χ0n) is 37.9. The molecule has 70 heavy (non-hydrogen) atoms. The van der Waals surface area contributed by atoms with Gasteiger partial charge in [0.05, 0.1) is 11.1 Å². The molecule has 0 radical (unpaired) electrons. The fourth-order valence-electron chi connectivity index (χ4n) is 12.1. The summed E-state index contributed by atoms with van der Waals surface area (Å²) in [5, 5.41) is 4.49. The Morgan fingerprint density at radius 1 is 0.286 bits per heavy atom. The molecule has 0 N–H and O–H groups in total. The SMILES string of the molecule is c1ccc(-c2ccc3c(c2)C2(c4ccccc4-c4ccccc42)c2cccc(N(c4ccc(-c5cccc6c5oc5ccccc56)cc4)c4ccc(-c5cccc6c5oc5ccccc56)cc4)c2-3)cc1. The van der Waals surface area contributed by atoms with Gasteiger partial charge in [-0.3, -0.25) is 0 Å². The summed E-state index contributed by atoms with van der Waals surface area (Å²) >= 11 is 0. The van der Waals surface area contributed by atoms with E-state index in [0.29, 0.717) is 0 Å². The quantitative estimate of drug-likeness (QED) is 0.167. The molecule has 0 unspecified atom stereocenters. The topological polar surface area (TPSA) is 29.5 Å². The zero-order valence-corrected chi connectivity index (χ0v) is 37.9. The van der Waals surface area contributed by atoms with Crippen LogP contribution in [-0.2, 0) is 5.41 Å². The van der Waals surface area contributed by atoms with Crippen LogP contribution in [0.25, 0.3) is 99.5 Å². The van der Waals surface area contributed by atoms with E-state index in [9.17, 15) is 0 Å². The Morgan fingerprint density at radius 2 is 0.743 bits per heavy atom. The van der Waals surface area contributed by atoms with Gasteiger partial charge in [0.1, 0.15) is 22.3 Å². The zero-order chi connectivity index (χ0) is 45.9. The molecule has 0 saturated heterocycles. The van der Waals surface area contributed by atoms with Crippen LogP contribution in [0.5, 0.6) is 0 Å². The van der Waals surface area contributed by atoms with E-state index in [-0.39, 0.29) is 0 Å². The van der Waals surface area contributed by atoms with Gasteiger partial charge >= 0.3 is 0 Å². The molecule has 2 aliphatic rings. The summed E-state index contributed by atoms with van der Waals surface area (Å²) in [6.07, 6.45) is 0. The van der Waals surface area contributed by atoms with Crippen LogP contribution in [0.3, 0.4) is 0 Å². The van der Waals surface area contributed by atoms with E-state index in [4.69, 9.17) is 8.83 Å². The van der Waals surface area contributed by atoms with Crippen molar-refractivity contribution in [3.05, 3.63) is 271 Å². The van der Waals surface area contributed by atoms with E-state index in [2.05, 4.69) is 229 Å². The van der Waals surface area contributed by atoms with Crippen molar-refractivity contribution in [2.24, 2.45) is 0 Å². The number of fused-ring (bicyclic) bond motifs is 16. The van der Waals surface area contributed by atoms with Crippen molar-refractivity contribution in [1.82, 2.24) is 0 Å². The van der Waals surface area contributed by atoms with Gasteiger partial charge in [-0.05, 0) is 110 Å². The van der Waals surface area contributed by atoms with Gasteiger partial charge in [-0.15, -0.1) is 0 Å². The van der Waals surface area contributed by atoms with Gasteiger partial charge in [0, 0.05) is 49.6 Å². The molecule has 2 aromatic heterocycles. The summed E-state index contributed by atoms with van der Waals surface area (Å²) in [4.78, 5) is 2.45. The molecule has 2 aliphatic carbocycles. The summed E-state index contributed by atoms with van der Waals surface area (Å²) in [5.74, 6) is 0. The van der Waals surface area contributed by atoms with Crippen molar-refractivity contribution in [3.63, 3.8) is 0 Å². The minimum absolute atomic E-state index is 0.533. The van der Waals surface area contributed by atoms with E-state index in [1.54, 1.807) is 0 Å². The summed E-state index contributed by atoms with van der Waals surface area (Å²) < 4.78 is 13.1. The van der Waals surface area contributed by atoms with E-state index in [1.807, 2.05) is 24.3 Å². The van der Waals surface area contributed by atoms with Crippen LogP contribution in [-0.4, -0.2) is 0 Å². The number of para-hydroxylation sites is 4.